The third-order valence-electron chi connectivity index (χ3n) is 7.83. The summed E-state index contributed by atoms with van der Waals surface area (Å²) in [5.74, 6) is 3.15. The van der Waals surface area contributed by atoms with E-state index < -0.39 is 0 Å². The first kappa shape index (κ1) is 18.3. The van der Waals surface area contributed by atoms with Crippen LogP contribution in [0.4, 0.5) is 0 Å². The second-order valence-electron chi connectivity index (χ2n) is 10.1. The van der Waals surface area contributed by atoms with Gasteiger partial charge in [-0.15, -0.1) is 5.10 Å². The third-order valence-corrected chi connectivity index (χ3v) is 7.83. The van der Waals surface area contributed by atoms with Crippen LogP contribution >= 0.6 is 0 Å². The molecule has 0 atom stereocenters. The number of pyridine rings is 1. The van der Waals surface area contributed by atoms with Crippen molar-refractivity contribution in [2.75, 3.05) is 6.54 Å². The zero-order valence-corrected chi connectivity index (χ0v) is 17.3. The molecule has 0 saturated heterocycles. The monoisotopic (exact) mass is 407 g/mol. The van der Waals surface area contributed by atoms with Gasteiger partial charge in [0.1, 0.15) is 0 Å². The molecule has 4 bridgehead atoms. The van der Waals surface area contributed by atoms with Crippen LogP contribution in [-0.4, -0.2) is 31.8 Å². The van der Waals surface area contributed by atoms with Gasteiger partial charge in [-0.25, -0.2) is 9.48 Å². The van der Waals surface area contributed by atoms with Crippen molar-refractivity contribution in [3.8, 4) is 11.4 Å². The maximum absolute atomic E-state index is 13.2. The zero-order valence-electron chi connectivity index (χ0n) is 17.3. The molecule has 2 aromatic rings. The molecule has 0 aliphatic heterocycles. The molecule has 7 rings (SSSR count). The second kappa shape index (κ2) is 6.79. The minimum absolute atomic E-state index is 0.0830. The highest BCUT2D eigenvalue weighted by Gasteiger charge is 2.54. The van der Waals surface area contributed by atoms with Crippen LogP contribution in [0.5, 0.6) is 0 Å². The summed E-state index contributed by atoms with van der Waals surface area (Å²) >= 11 is 0. The van der Waals surface area contributed by atoms with E-state index in [4.69, 9.17) is 0 Å². The van der Waals surface area contributed by atoms with Crippen LogP contribution in [0, 0.1) is 23.2 Å². The van der Waals surface area contributed by atoms with Crippen molar-refractivity contribution in [2.45, 2.75) is 64.0 Å². The van der Waals surface area contributed by atoms with E-state index in [1.165, 1.54) is 23.9 Å². The van der Waals surface area contributed by atoms with Gasteiger partial charge in [-0.3, -0.25) is 14.3 Å². The number of carbonyl (C=O) groups is 1. The molecular formula is C23H29N5O2. The van der Waals surface area contributed by atoms with Crippen molar-refractivity contribution in [1.82, 2.24) is 24.6 Å². The number of hydrogen-bond acceptors (Lipinski definition) is 4. The highest BCUT2D eigenvalue weighted by atomic mass is 16.2. The summed E-state index contributed by atoms with van der Waals surface area (Å²) in [6.07, 6.45) is 12.7. The maximum Gasteiger partial charge on any atom is 0.346 e. The van der Waals surface area contributed by atoms with Crippen molar-refractivity contribution in [3.05, 3.63) is 35.0 Å². The molecule has 5 aliphatic rings. The van der Waals surface area contributed by atoms with E-state index in [0.29, 0.717) is 18.9 Å². The van der Waals surface area contributed by atoms with Crippen LogP contribution in [0.3, 0.4) is 0 Å². The van der Waals surface area contributed by atoms with Crippen molar-refractivity contribution in [3.63, 3.8) is 0 Å². The summed E-state index contributed by atoms with van der Waals surface area (Å²) in [4.78, 5) is 30.3. The molecule has 7 nitrogen and oxygen atoms in total. The number of nitrogens with one attached hydrogen (secondary N) is 1. The van der Waals surface area contributed by atoms with E-state index in [2.05, 4.69) is 15.4 Å². The fourth-order valence-corrected chi connectivity index (χ4v) is 6.77. The second-order valence-corrected chi connectivity index (χ2v) is 10.1. The van der Waals surface area contributed by atoms with Crippen LogP contribution in [0.25, 0.3) is 11.4 Å². The molecule has 7 heteroatoms. The predicted molar refractivity (Wildman–Crippen MR) is 112 cm³/mol. The predicted octanol–water partition coefficient (Wildman–Crippen LogP) is 2.77. The van der Waals surface area contributed by atoms with E-state index in [-0.39, 0.29) is 23.1 Å². The van der Waals surface area contributed by atoms with Gasteiger partial charge in [0.25, 0.3) is 0 Å². The maximum atomic E-state index is 13.2. The molecule has 1 amide bonds. The number of carbonyl (C=O) groups excluding carboxylic acids is 1. The Morgan fingerprint density at radius 3 is 2.43 bits per heavy atom. The number of rotatable bonds is 6. The summed E-state index contributed by atoms with van der Waals surface area (Å²) in [5, 5.41) is 7.77. The molecule has 30 heavy (non-hydrogen) atoms. The summed E-state index contributed by atoms with van der Waals surface area (Å²) < 4.78 is 3.32. The molecule has 0 radical (unpaired) electrons. The van der Waals surface area contributed by atoms with Crippen molar-refractivity contribution in [2.24, 2.45) is 23.2 Å². The fraction of sp³-hybridized carbons (Fsp3) is 0.652. The molecule has 2 heterocycles. The quantitative estimate of drug-likeness (QED) is 0.798. The average Bonchev–Trinajstić information content (AvgIpc) is 3.51. The van der Waals surface area contributed by atoms with E-state index in [9.17, 15) is 9.59 Å². The Kier molecular flexibility index (Phi) is 4.15. The largest absolute Gasteiger partial charge is 0.354 e. The Hall–Kier alpha value is -2.44. The molecule has 1 N–H and O–H groups in total. The van der Waals surface area contributed by atoms with Gasteiger partial charge in [0, 0.05) is 36.0 Å². The minimum Gasteiger partial charge on any atom is -0.354 e. The van der Waals surface area contributed by atoms with Crippen molar-refractivity contribution in [1.29, 1.82) is 0 Å². The summed E-state index contributed by atoms with van der Waals surface area (Å²) in [6, 6.07) is 4.04. The lowest BCUT2D eigenvalue weighted by molar-refractivity contribution is -0.146. The number of hydrogen-bond donors (Lipinski definition) is 1. The molecule has 2 aromatic heterocycles. The highest BCUT2D eigenvalue weighted by molar-refractivity contribution is 5.83. The van der Waals surface area contributed by atoms with Crippen LogP contribution in [0.1, 0.15) is 57.4 Å². The number of nitrogens with zero attached hydrogens (tertiary/aromatic N) is 4. The molecule has 0 unspecified atom stereocenters. The van der Waals surface area contributed by atoms with Crippen LogP contribution < -0.4 is 11.0 Å². The Balaban J connectivity index is 1.17. The molecule has 0 aromatic carbocycles. The Morgan fingerprint density at radius 1 is 1.13 bits per heavy atom. The molecule has 0 spiro atoms. The van der Waals surface area contributed by atoms with Crippen LogP contribution in [0.2, 0.25) is 0 Å². The Labute approximate surface area is 175 Å². The Morgan fingerprint density at radius 2 is 1.83 bits per heavy atom. The zero-order chi connectivity index (χ0) is 20.3. The Bertz CT molecular complexity index is 985. The summed E-state index contributed by atoms with van der Waals surface area (Å²) in [6.45, 7) is 0.860. The van der Waals surface area contributed by atoms with Gasteiger partial charge in [0.2, 0.25) is 5.91 Å². The number of amides is 1. The van der Waals surface area contributed by atoms with E-state index >= 15 is 0 Å². The van der Waals surface area contributed by atoms with E-state index in [1.807, 2.05) is 12.1 Å². The fourth-order valence-electron chi connectivity index (χ4n) is 6.77. The van der Waals surface area contributed by atoms with Gasteiger partial charge in [-0.1, -0.05) is 0 Å². The molecule has 5 aliphatic carbocycles. The van der Waals surface area contributed by atoms with Crippen molar-refractivity contribution >= 4 is 5.91 Å². The van der Waals surface area contributed by atoms with E-state index in [0.717, 1.165) is 55.4 Å². The third kappa shape index (κ3) is 3.01. The van der Waals surface area contributed by atoms with Gasteiger partial charge in [-0.2, -0.15) is 0 Å². The van der Waals surface area contributed by atoms with Gasteiger partial charge in [-0.05, 0) is 81.3 Å². The SMILES string of the molecule is O=C(NCCn1nc(-c2cccnc2)n(C2CC2)c1=O)C12CC3CC(CC(C3)C1)C2. The smallest absolute Gasteiger partial charge is 0.346 e. The van der Waals surface area contributed by atoms with Gasteiger partial charge >= 0.3 is 5.69 Å². The number of aromatic nitrogens is 4. The average molecular weight is 408 g/mol. The first-order valence-corrected chi connectivity index (χ1v) is 11.5. The summed E-state index contributed by atoms with van der Waals surface area (Å²) in [5.41, 5.74) is 0.631. The van der Waals surface area contributed by atoms with Gasteiger partial charge in [0.15, 0.2) is 5.82 Å². The lowest BCUT2D eigenvalue weighted by atomic mass is 9.49. The lowest BCUT2D eigenvalue weighted by Crippen LogP contribution is -2.54. The molecule has 5 saturated carbocycles. The van der Waals surface area contributed by atoms with Crippen LogP contribution in [-0.2, 0) is 11.3 Å². The van der Waals surface area contributed by atoms with E-state index in [1.54, 1.807) is 17.0 Å². The normalized spacial score (nSPS) is 31.8. The molecular weight excluding hydrogens is 378 g/mol. The first-order chi connectivity index (χ1) is 14.6. The van der Waals surface area contributed by atoms with Crippen LogP contribution in [0.15, 0.2) is 29.3 Å². The lowest BCUT2D eigenvalue weighted by Gasteiger charge is -2.55. The van der Waals surface area contributed by atoms with Gasteiger partial charge < -0.3 is 5.32 Å². The standard InChI is InChI=1S/C23H29N5O2/c29-21(23-11-15-8-16(12-23)10-17(9-15)13-23)25-6-7-27-22(30)28(19-3-4-19)20(26-27)18-2-1-5-24-14-18/h1-2,5,14-17,19H,3-4,6-13H2,(H,25,29). The summed E-state index contributed by atoms with van der Waals surface area (Å²) in [7, 11) is 0. The molecule has 158 valence electrons. The van der Waals surface area contributed by atoms with Crippen molar-refractivity contribution < 1.29 is 4.79 Å². The minimum atomic E-state index is -0.145. The topological polar surface area (TPSA) is 81.8 Å². The highest BCUT2D eigenvalue weighted by Crippen LogP contribution is 2.60. The van der Waals surface area contributed by atoms with Gasteiger partial charge in [0.05, 0.1) is 6.54 Å². The molecule has 5 fully saturated rings. The first-order valence-electron chi connectivity index (χ1n) is 11.5.